The monoisotopic (exact) mass is 544 g/mol. The Morgan fingerprint density at radius 3 is 2.58 bits per heavy atom. The molecule has 1 amide bonds. The number of piperazine rings is 1. The van der Waals surface area contributed by atoms with Gasteiger partial charge < -0.3 is 30.6 Å². The van der Waals surface area contributed by atoms with Gasteiger partial charge in [-0.2, -0.15) is 9.97 Å². The number of amides is 1. The topological polar surface area (TPSA) is 115 Å². The van der Waals surface area contributed by atoms with E-state index in [1.165, 1.54) is 18.7 Å². The predicted molar refractivity (Wildman–Crippen MR) is 157 cm³/mol. The van der Waals surface area contributed by atoms with Crippen LogP contribution in [0.5, 0.6) is 6.01 Å². The molecule has 1 saturated carbocycles. The molecule has 10 nitrogen and oxygen atoms in total. The first-order valence-electron chi connectivity index (χ1n) is 14.4. The van der Waals surface area contributed by atoms with Gasteiger partial charge in [0.05, 0.1) is 17.9 Å². The maximum absolute atomic E-state index is 12.2. The zero-order valence-corrected chi connectivity index (χ0v) is 23.7. The first kappa shape index (κ1) is 26.6. The van der Waals surface area contributed by atoms with Crippen LogP contribution in [0.15, 0.2) is 24.8 Å². The Morgan fingerprint density at radius 1 is 1.15 bits per heavy atom. The van der Waals surface area contributed by atoms with Gasteiger partial charge in [-0.1, -0.05) is 12.6 Å². The molecule has 0 spiro atoms. The number of likely N-dealkylation sites (tertiary alicyclic amines) is 1. The van der Waals surface area contributed by atoms with Crippen LogP contribution in [0.25, 0.3) is 0 Å². The van der Waals surface area contributed by atoms with Crippen LogP contribution >= 0.6 is 0 Å². The quantitative estimate of drug-likeness (QED) is 0.311. The largest absolute Gasteiger partial charge is 0.455 e. The third kappa shape index (κ3) is 4.68. The molecule has 2 aromatic rings. The summed E-state index contributed by atoms with van der Waals surface area (Å²) < 4.78 is 6.73. The minimum absolute atomic E-state index is 0.0279. The second-order valence-corrected chi connectivity index (χ2v) is 11.6. The van der Waals surface area contributed by atoms with Gasteiger partial charge in [0, 0.05) is 61.8 Å². The van der Waals surface area contributed by atoms with Crippen LogP contribution in [0.4, 0.5) is 17.2 Å². The Morgan fingerprint density at radius 2 is 1.93 bits per heavy atom. The second-order valence-electron chi connectivity index (χ2n) is 11.6. The number of anilines is 3. The summed E-state index contributed by atoms with van der Waals surface area (Å²) in [7, 11) is 2.19. The lowest BCUT2D eigenvalue weighted by Crippen LogP contribution is -2.49. The van der Waals surface area contributed by atoms with Crippen molar-refractivity contribution < 1.29 is 9.53 Å². The van der Waals surface area contributed by atoms with Crippen molar-refractivity contribution in [2.24, 2.45) is 0 Å². The van der Waals surface area contributed by atoms with Crippen molar-refractivity contribution in [1.82, 2.24) is 19.8 Å². The second kappa shape index (κ2) is 10.4. The van der Waals surface area contributed by atoms with Crippen molar-refractivity contribution >= 4 is 29.3 Å². The van der Waals surface area contributed by atoms with Crippen LogP contribution in [0.1, 0.15) is 48.1 Å². The molecule has 40 heavy (non-hydrogen) atoms. The number of carbonyl (C=O) groups is 1. The van der Waals surface area contributed by atoms with Crippen molar-refractivity contribution in [3.05, 3.63) is 47.2 Å². The molecule has 4 aliphatic rings. The Hall–Kier alpha value is -3.66. The summed E-state index contributed by atoms with van der Waals surface area (Å²) in [6.45, 7) is 10.9. The minimum atomic E-state index is -0.210. The van der Waals surface area contributed by atoms with E-state index in [-0.39, 0.29) is 11.5 Å². The van der Waals surface area contributed by atoms with Gasteiger partial charge >= 0.3 is 6.01 Å². The SMILES string of the molecule is C=CC(=O)N1CCN(c2nc(OC3(C4CCCN4C)CC3)nc3c2CCN(c2c(C)ccc(N)c2C=N)C3)CC1. The van der Waals surface area contributed by atoms with E-state index in [1.54, 1.807) is 0 Å². The zero-order valence-electron chi connectivity index (χ0n) is 23.7. The number of aryl methyl sites for hydroxylation is 1. The third-order valence-electron chi connectivity index (χ3n) is 9.17. The van der Waals surface area contributed by atoms with Gasteiger partial charge in [-0.05, 0) is 70.3 Å². The average Bonchev–Trinajstić information content (AvgIpc) is 3.61. The molecule has 4 heterocycles. The van der Waals surface area contributed by atoms with Gasteiger partial charge in [0.15, 0.2) is 0 Å². The van der Waals surface area contributed by atoms with Gasteiger partial charge in [-0.3, -0.25) is 9.69 Å². The standard InChI is InChI=1S/C30H40N8O2/c1-4-26(39)36-14-16-37(17-15-36)28-21-9-13-38(27-20(2)7-8-23(32)22(27)18-31)19-24(21)33-29(34-28)40-30(10-11-30)25-6-5-12-35(25)3/h4,7-8,18,25,31H,1,5-6,9-17,19,32H2,2-3H3. The summed E-state index contributed by atoms with van der Waals surface area (Å²) in [5.74, 6) is 0.900. The molecule has 1 aromatic carbocycles. The summed E-state index contributed by atoms with van der Waals surface area (Å²) in [6.07, 6.45) is 7.90. The molecule has 1 unspecified atom stereocenters. The van der Waals surface area contributed by atoms with Crippen LogP contribution in [0, 0.1) is 12.3 Å². The minimum Gasteiger partial charge on any atom is -0.455 e. The van der Waals surface area contributed by atoms with Crippen LogP contribution in [0.2, 0.25) is 0 Å². The first-order valence-corrected chi connectivity index (χ1v) is 14.4. The fourth-order valence-corrected chi connectivity index (χ4v) is 6.84. The molecule has 6 rings (SSSR count). The lowest BCUT2D eigenvalue weighted by molar-refractivity contribution is -0.126. The number of nitrogens with two attached hydrogens (primary N) is 1. The van der Waals surface area contributed by atoms with Gasteiger partial charge in [0.1, 0.15) is 11.4 Å². The third-order valence-corrected chi connectivity index (χ3v) is 9.17. The van der Waals surface area contributed by atoms with E-state index in [0.29, 0.717) is 50.5 Å². The highest BCUT2D eigenvalue weighted by atomic mass is 16.5. The van der Waals surface area contributed by atoms with Gasteiger partial charge in [0.2, 0.25) is 5.91 Å². The van der Waals surface area contributed by atoms with Crippen LogP contribution in [-0.2, 0) is 17.8 Å². The van der Waals surface area contributed by atoms with E-state index in [2.05, 4.69) is 35.3 Å². The maximum Gasteiger partial charge on any atom is 0.319 e. The van der Waals surface area contributed by atoms with Gasteiger partial charge in [-0.15, -0.1) is 0 Å². The smallest absolute Gasteiger partial charge is 0.319 e. The fraction of sp³-hybridized carbons (Fsp3) is 0.533. The molecule has 0 radical (unpaired) electrons. The number of hydrogen-bond donors (Lipinski definition) is 2. The number of benzene rings is 1. The molecule has 1 aliphatic carbocycles. The highest BCUT2D eigenvalue weighted by Crippen LogP contribution is 2.48. The lowest BCUT2D eigenvalue weighted by Gasteiger charge is -2.38. The summed E-state index contributed by atoms with van der Waals surface area (Å²) in [6, 6.07) is 4.74. The maximum atomic E-state index is 12.2. The highest BCUT2D eigenvalue weighted by molar-refractivity contribution is 5.94. The highest BCUT2D eigenvalue weighted by Gasteiger charge is 2.55. The number of nitrogens with zero attached hydrogens (tertiary/aromatic N) is 6. The summed E-state index contributed by atoms with van der Waals surface area (Å²) in [4.78, 5) is 31.1. The van der Waals surface area contributed by atoms with Crippen molar-refractivity contribution in [3.63, 3.8) is 0 Å². The number of ether oxygens (including phenoxy) is 1. The Balaban J connectivity index is 1.34. The molecule has 1 atom stereocenters. The van der Waals surface area contributed by atoms with E-state index in [0.717, 1.165) is 72.7 Å². The van der Waals surface area contributed by atoms with E-state index in [9.17, 15) is 4.79 Å². The Bertz CT molecular complexity index is 1330. The zero-order chi connectivity index (χ0) is 28.0. The number of carbonyl (C=O) groups excluding carboxylic acids is 1. The van der Waals surface area contributed by atoms with Crippen molar-refractivity contribution in [1.29, 1.82) is 5.41 Å². The predicted octanol–water partition coefficient (Wildman–Crippen LogP) is 2.77. The Kier molecular flexibility index (Phi) is 6.90. The van der Waals surface area contributed by atoms with E-state index in [1.807, 2.05) is 17.0 Å². The number of nitrogens with one attached hydrogen (secondary N) is 1. The van der Waals surface area contributed by atoms with E-state index in [4.69, 9.17) is 25.8 Å². The van der Waals surface area contributed by atoms with Crippen molar-refractivity contribution in [2.45, 2.75) is 57.2 Å². The van der Waals surface area contributed by atoms with Crippen molar-refractivity contribution in [2.75, 3.05) is 61.8 Å². The molecule has 0 bridgehead atoms. The molecule has 3 N–H and O–H groups in total. The van der Waals surface area contributed by atoms with Crippen LogP contribution < -0.4 is 20.3 Å². The lowest BCUT2D eigenvalue weighted by atomic mass is 10.00. The Labute approximate surface area is 236 Å². The molecule has 3 aliphatic heterocycles. The fourth-order valence-electron chi connectivity index (χ4n) is 6.84. The van der Waals surface area contributed by atoms with E-state index >= 15 is 0 Å². The summed E-state index contributed by atoms with van der Waals surface area (Å²) in [5.41, 5.74) is 11.6. The first-order chi connectivity index (χ1) is 19.3. The van der Waals surface area contributed by atoms with Crippen LogP contribution in [0.3, 0.4) is 0 Å². The number of aromatic nitrogens is 2. The molecule has 10 heteroatoms. The summed E-state index contributed by atoms with van der Waals surface area (Å²) in [5, 5.41) is 8.03. The number of likely N-dealkylation sites (N-methyl/N-ethyl adjacent to an activating group) is 1. The summed E-state index contributed by atoms with van der Waals surface area (Å²) >= 11 is 0. The number of nitrogen functional groups attached to an aromatic ring is 1. The van der Waals surface area contributed by atoms with Crippen molar-refractivity contribution in [3.8, 4) is 6.01 Å². The molecule has 212 valence electrons. The molecular formula is C30H40N8O2. The molecule has 3 fully saturated rings. The van der Waals surface area contributed by atoms with Gasteiger partial charge in [-0.25, -0.2) is 0 Å². The number of hydrogen-bond acceptors (Lipinski definition) is 9. The molecular weight excluding hydrogens is 504 g/mol. The van der Waals surface area contributed by atoms with Gasteiger partial charge in [0.25, 0.3) is 0 Å². The number of rotatable bonds is 7. The number of fused-ring (bicyclic) bond motifs is 1. The van der Waals surface area contributed by atoms with Crippen LogP contribution in [-0.4, -0.2) is 89.8 Å². The van der Waals surface area contributed by atoms with E-state index < -0.39 is 0 Å². The average molecular weight is 545 g/mol. The molecule has 2 saturated heterocycles. The molecule has 1 aromatic heterocycles. The normalized spacial score (nSPS) is 22.1.